The largest absolute Gasteiger partial charge is 0.416 e. The number of para-hydroxylation sites is 1. The smallest absolute Gasteiger partial charge is 0.343 e. The van der Waals surface area contributed by atoms with Gasteiger partial charge < -0.3 is 9.47 Å². The summed E-state index contributed by atoms with van der Waals surface area (Å²) in [7, 11) is 0. The zero-order chi connectivity index (χ0) is 32.0. The fourth-order valence-electron chi connectivity index (χ4n) is 6.04. The fourth-order valence-corrected chi connectivity index (χ4v) is 6.04. The number of benzene rings is 4. The van der Waals surface area contributed by atoms with E-state index in [-0.39, 0.29) is 19.5 Å². The minimum Gasteiger partial charge on any atom is -0.343 e. The lowest BCUT2D eigenvalue weighted by Gasteiger charge is -2.28. The van der Waals surface area contributed by atoms with E-state index in [0.29, 0.717) is 22.0 Å². The lowest BCUT2D eigenvalue weighted by Crippen LogP contribution is -2.43. The number of fused-ring (bicyclic) bond motifs is 1. The van der Waals surface area contributed by atoms with Crippen LogP contribution in [0, 0.1) is 23.3 Å². The number of carbonyl (C=O) groups excluding carboxylic acids is 2. The minimum absolute atomic E-state index is 0.0782. The van der Waals surface area contributed by atoms with Gasteiger partial charge in [0.1, 0.15) is 6.04 Å². The summed E-state index contributed by atoms with van der Waals surface area (Å²) in [6, 6.07) is 16.5. The second-order valence-electron chi connectivity index (χ2n) is 10.8. The average Bonchev–Trinajstić information content (AvgIpc) is 3.61. The van der Waals surface area contributed by atoms with Gasteiger partial charge in [-0.1, -0.05) is 42.5 Å². The number of rotatable bonds is 6. The van der Waals surface area contributed by atoms with Crippen molar-refractivity contribution >= 4 is 22.6 Å². The van der Waals surface area contributed by atoms with E-state index in [0.717, 1.165) is 53.4 Å². The van der Waals surface area contributed by atoms with Crippen LogP contribution in [-0.2, 0) is 12.7 Å². The van der Waals surface area contributed by atoms with Crippen molar-refractivity contribution in [1.29, 1.82) is 0 Å². The Morgan fingerprint density at radius 1 is 0.756 bits per heavy atom. The molecule has 0 aliphatic carbocycles. The quantitative estimate of drug-likeness (QED) is 0.141. The summed E-state index contributed by atoms with van der Waals surface area (Å²) >= 11 is 0. The maximum absolute atomic E-state index is 14.9. The third kappa shape index (κ3) is 5.47. The Morgan fingerprint density at radius 2 is 1.38 bits per heavy atom. The second-order valence-corrected chi connectivity index (χ2v) is 10.8. The molecular weight excluding hydrogens is 601 g/mol. The molecule has 45 heavy (non-hydrogen) atoms. The Bertz CT molecular complexity index is 1930. The standard InChI is InChI=1S/C34H23F7N2O2/c35-26-8-3-6-23(29(26)37)32(44)31-22(15-16-43(31)33(45)24-7-4-9-27(36)30(24)38)25-18-42(28-10-2-1-5-21(25)28)17-19-11-13-20(14-12-19)34(39,40)41/h1-14,18,22,31H,15-17H2. The zero-order valence-corrected chi connectivity index (χ0v) is 23.3. The summed E-state index contributed by atoms with van der Waals surface area (Å²) < 4.78 is 99.0. The highest BCUT2D eigenvalue weighted by Gasteiger charge is 2.45. The number of carbonyl (C=O) groups is 2. The van der Waals surface area contributed by atoms with Crippen molar-refractivity contribution in [3.05, 3.63) is 142 Å². The molecule has 1 aliphatic heterocycles. The van der Waals surface area contributed by atoms with Gasteiger partial charge in [-0.3, -0.25) is 9.59 Å². The molecule has 2 heterocycles. The fraction of sp³-hybridized carbons (Fsp3) is 0.176. The van der Waals surface area contributed by atoms with Crippen LogP contribution in [0.15, 0.2) is 91.1 Å². The molecule has 2 atom stereocenters. The monoisotopic (exact) mass is 624 g/mol. The van der Waals surface area contributed by atoms with Crippen molar-refractivity contribution in [2.45, 2.75) is 31.1 Å². The molecule has 0 bridgehead atoms. The molecule has 0 saturated carbocycles. The number of ketones is 1. The molecule has 6 rings (SSSR count). The summed E-state index contributed by atoms with van der Waals surface area (Å²) in [5.74, 6) is -8.01. The first-order valence-corrected chi connectivity index (χ1v) is 13.9. The third-order valence-corrected chi connectivity index (χ3v) is 8.18. The average molecular weight is 625 g/mol. The van der Waals surface area contributed by atoms with Crippen LogP contribution >= 0.6 is 0 Å². The Kier molecular flexibility index (Phi) is 7.72. The van der Waals surface area contributed by atoms with Crippen LogP contribution in [0.3, 0.4) is 0 Å². The van der Waals surface area contributed by atoms with Crippen LogP contribution in [0.5, 0.6) is 0 Å². The van der Waals surface area contributed by atoms with Gasteiger partial charge in [0, 0.05) is 36.1 Å². The van der Waals surface area contributed by atoms with Crippen molar-refractivity contribution in [2.75, 3.05) is 6.54 Å². The number of amides is 1. The molecular formula is C34H23F7N2O2. The van der Waals surface area contributed by atoms with Gasteiger partial charge in [-0.2, -0.15) is 13.2 Å². The minimum atomic E-state index is -4.49. The van der Waals surface area contributed by atoms with Gasteiger partial charge in [-0.25, -0.2) is 17.6 Å². The first kappa shape index (κ1) is 30.1. The van der Waals surface area contributed by atoms with Crippen molar-refractivity contribution in [2.24, 2.45) is 0 Å². The summed E-state index contributed by atoms with van der Waals surface area (Å²) in [6.07, 6.45) is -2.61. The molecule has 0 N–H and O–H groups in total. The van der Waals surface area contributed by atoms with Gasteiger partial charge >= 0.3 is 6.18 Å². The van der Waals surface area contributed by atoms with E-state index in [1.54, 1.807) is 35.0 Å². The predicted octanol–water partition coefficient (Wildman–Crippen LogP) is 8.15. The number of nitrogens with zero attached hydrogens (tertiary/aromatic N) is 2. The van der Waals surface area contributed by atoms with Crippen molar-refractivity contribution in [3.63, 3.8) is 0 Å². The van der Waals surface area contributed by atoms with Crippen LogP contribution < -0.4 is 0 Å². The first-order chi connectivity index (χ1) is 21.5. The molecule has 1 aliphatic rings. The molecule has 1 aromatic heterocycles. The van der Waals surface area contributed by atoms with Crippen molar-refractivity contribution < 1.29 is 40.3 Å². The molecule has 11 heteroatoms. The predicted molar refractivity (Wildman–Crippen MR) is 152 cm³/mol. The maximum atomic E-state index is 14.9. The van der Waals surface area contributed by atoms with E-state index < -0.39 is 69.8 Å². The van der Waals surface area contributed by atoms with Gasteiger partial charge in [0.15, 0.2) is 29.1 Å². The second kappa shape index (κ2) is 11.5. The summed E-state index contributed by atoms with van der Waals surface area (Å²) in [6.45, 7) is 0.0882. The number of likely N-dealkylation sites (tertiary alicyclic amines) is 1. The van der Waals surface area contributed by atoms with Crippen LogP contribution in [0.1, 0.15) is 49.7 Å². The molecule has 230 valence electrons. The van der Waals surface area contributed by atoms with E-state index in [1.165, 1.54) is 12.1 Å². The van der Waals surface area contributed by atoms with Crippen LogP contribution in [0.25, 0.3) is 10.9 Å². The Hall–Kier alpha value is -4.93. The highest BCUT2D eigenvalue weighted by Crippen LogP contribution is 2.41. The Labute approximate surface area is 252 Å². The molecule has 4 aromatic carbocycles. The Balaban J connectivity index is 1.44. The molecule has 0 spiro atoms. The SMILES string of the molecule is O=C(c1cccc(F)c1F)C1C(c2cn(Cc3ccc(C(F)(F)F)cc3)c3ccccc23)CCN1C(=O)c1cccc(F)c1F. The first-order valence-electron chi connectivity index (χ1n) is 13.9. The van der Waals surface area contributed by atoms with Crippen LogP contribution in [0.2, 0.25) is 0 Å². The van der Waals surface area contributed by atoms with Gasteiger partial charge in [0.25, 0.3) is 5.91 Å². The topological polar surface area (TPSA) is 42.3 Å². The van der Waals surface area contributed by atoms with E-state index in [9.17, 15) is 40.3 Å². The number of alkyl halides is 3. The number of hydrogen-bond donors (Lipinski definition) is 0. The van der Waals surface area contributed by atoms with Crippen molar-refractivity contribution in [1.82, 2.24) is 9.47 Å². The highest BCUT2D eigenvalue weighted by molar-refractivity contribution is 6.06. The zero-order valence-electron chi connectivity index (χ0n) is 23.3. The molecule has 1 amide bonds. The van der Waals surface area contributed by atoms with Crippen LogP contribution in [-0.4, -0.2) is 33.7 Å². The normalized spacial score (nSPS) is 16.8. The van der Waals surface area contributed by atoms with Crippen molar-refractivity contribution in [3.8, 4) is 0 Å². The lowest BCUT2D eigenvalue weighted by atomic mass is 9.86. The maximum Gasteiger partial charge on any atom is 0.416 e. The summed E-state index contributed by atoms with van der Waals surface area (Å²) in [4.78, 5) is 28.7. The molecule has 1 saturated heterocycles. The van der Waals surface area contributed by atoms with E-state index in [2.05, 4.69) is 0 Å². The summed E-state index contributed by atoms with van der Waals surface area (Å²) in [5, 5.41) is 0.665. The molecule has 2 unspecified atom stereocenters. The van der Waals surface area contributed by atoms with E-state index in [1.807, 2.05) is 0 Å². The van der Waals surface area contributed by atoms with Gasteiger partial charge in [-0.05, 0) is 60.0 Å². The van der Waals surface area contributed by atoms with Gasteiger partial charge in [0.2, 0.25) is 0 Å². The molecule has 5 aromatic rings. The third-order valence-electron chi connectivity index (χ3n) is 8.18. The number of hydrogen-bond acceptors (Lipinski definition) is 2. The summed E-state index contributed by atoms with van der Waals surface area (Å²) in [5.41, 5.74) is -0.190. The molecule has 4 nitrogen and oxygen atoms in total. The van der Waals surface area contributed by atoms with E-state index in [4.69, 9.17) is 0 Å². The van der Waals surface area contributed by atoms with E-state index >= 15 is 0 Å². The number of Topliss-reactive ketones (excluding diaryl/α,β-unsaturated/α-hetero) is 1. The number of aromatic nitrogens is 1. The van der Waals surface area contributed by atoms with Gasteiger partial charge in [0.05, 0.1) is 16.7 Å². The van der Waals surface area contributed by atoms with Crippen LogP contribution in [0.4, 0.5) is 30.7 Å². The number of halogens is 7. The lowest BCUT2D eigenvalue weighted by molar-refractivity contribution is -0.137. The Morgan fingerprint density at radius 3 is 2.04 bits per heavy atom. The molecule has 0 radical (unpaired) electrons. The molecule has 1 fully saturated rings. The highest BCUT2D eigenvalue weighted by atomic mass is 19.4. The van der Waals surface area contributed by atoms with Gasteiger partial charge in [-0.15, -0.1) is 0 Å².